The Labute approximate surface area is 161 Å². The van der Waals surface area contributed by atoms with Gasteiger partial charge in [-0.25, -0.2) is 12.8 Å². The van der Waals surface area contributed by atoms with E-state index in [9.17, 15) is 17.6 Å². The maximum Gasteiger partial charge on any atom is 0.267 e. The Morgan fingerprint density at radius 2 is 1.67 bits per heavy atom. The lowest BCUT2D eigenvalue weighted by atomic mass is 10.2. The van der Waals surface area contributed by atoms with Crippen LogP contribution < -0.4 is 9.62 Å². The lowest BCUT2D eigenvalue weighted by Gasteiger charge is -2.20. The molecular weight excluding hydrogens is 387 g/mol. The van der Waals surface area contributed by atoms with E-state index in [4.69, 9.17) is 0 Å². The molecule has 140 valence electrons. The summed E-state index contributed by atoms with van der Waals surface area (Å²) >= 11 is 1.13. The highest BCUT2D eigenvalue weighted by Crippen LogP contribution is 2.30. The molecule has 0 aliphatic carbocycles. The number of halogens is 1. The van der Waals surface area contributed by atoms with E-state index >= 15 is 0 Å². The number of benzene rings is 2. The number of sulfonamides is 1. The van der Waals surface area contributed by atoms with Gasteiger partial charge in [0.2, 0.25) is 0 Å². The summed E-state index contributed by atoms with van der Waals surface area (Å²) in [5, 5.41) is 4.30. The Balaban J connectivity index is 1.88. The highest BCUT2D eigenvalue weighted by molar-refractivity contribution is 7.92. The first-order valence-corrected chi connectivity index (χ1v) is 10.3. The van der Waals surface area contributed by atoms with Gasteiger partial charge in [-0.05, 0) is 54.8 Å². The Kier molecular flexibility index (Phi) is 5.29. The topological polar surface area (TPSA) is 66.5 Å². The zero-order valence-electron chi connectivity index (χ0n) is 14.6. The van der Waals surface area contributed by atoms with Crippen molar-refractivity contribution in [3.63, 3.8) is 0 Å². The molecule has 1 aromatic heterocycles. The number of nitrogens with one attached hydrogen (secondary N) is 1. The van der Waals surface area contributed by atoms with E-state index in [1.165, 1.54) is 43.4 Å². The first kappa shape index (κ1) is 19.1. The molecule has 0 fully saturated rings. The van der Waals surface area contributed by atoms with Crippen LogP contribution in [-0.2, 0) is 10.0 Å². The zero-order chi connectivity index (χ0) is 19.6. The number of carbonyl (C=O) groups excluding carboxylic acids is 1. The molecule has 0 saturated carbocycles. The normalized spacial score (nSPS) is 11.2. The minimum Gasteiger partial charge on any atom is -0.321 e. The second-order valence-electron chi connectivity index (χ2n) is 5.88. The van der Waals surface area contributed by atoms with Crippen LogP contribution in [0.25, 0.3) is 0 Å². The minimum absolute atomic E-state index is 0.145. The number of anilines is 2. The molecule has 0 atom stereocenters. The van der Waals surface area contributed by atoms with Crippen molar-refractivity contribution >= 4 is 38.6 Å². The molecule has 0 aliphatic heterocycles. The van der Waals surface area contributed by atoms with Crippen LogP contribution in [0.5, 0.6) is 0 Å². The lowest BCUT2D eigenvalue weighted by molar-refractivity contribution is 0.103. The van der Waals surface area contributed by atoms with Gasteiger partial charge in [0.15, 0.2) is 0 Å². The van der Waals surface area contributed by atoms with Gasteiger partial charge in [-0.1, -0.05) is 17.7 Å². The summed E-state index contributed by atoms with van der Waals surface area (Å²) in [6, 6.07) is 13.4. The van der Waals surface area contributed by atoms with Crippen LogP contribution in [0.15, 0.2) is 64.9 Å². The third-order valence-electron chi connectivity index (χ3n) is 3.97. The van der Waals surface area contributed by atoms with Crippen LogP contribution in [-0.4, -0.2) is 21.4 Å². The van der Waals surface area contributed by atoms with Crippen molar-refractivity contribution in [2.24, 2.45) is 0 Å². The van der Waals surface area contributed by atoms with Crippen molar-refractivity contribution in [1.29, 1.82) is 0 Å². The molecule has 0 bridgehead atoms. The molecule has 1 amide bonds. The number of nitrogens with zero attached hydrogens (tertiary/aromatic N) is 1. The van der Waals surface area contributed by atoms with Crippen LogP contribution in [0.2, 0.25) is 0 Å². The number of thiophene rings is 1. The van der Waals surface area contributed by atoms with E-state index in [2.05, 4.69) is 5.32 Å². The molecule has 8 heteroatoms. The fourth-order valence-electron chi connectivity index (χ4n) is 2.44. The van der Waals surface area contributed by atoms with Crippen LogP contribution in [0.4, 0.5) is 15.8 Å². The van der Waals surface area contributed by atoms with Crippen molar-refractivity contribution in [3.8, 4) is 0 Å². The standard InChI is InChI=1S/C19H17FN2O3S2/c1-13-3-9-16(10-4-13)27(24,25)22(2)17-11-12-26-18(17)19(23)21-15-7-5-14(20)6-8-15/h3-12H,1-2H3,(H,21,23). The minimum atomic E-state index is -3.80. The van der Waals surface area contributed by atoms with Gasteiger partial charge in [-0.2, -0.15) is 0 Å². The SMILES string of the molecule is Cc1ccc(S(=O)(=O)N(C)c2ccsc2C(=O)Nc2ccc(F)cc2)cc1. The second-order valence-corrected chi connectivity index (χ2v) is 8.77. The summed E-state index contributed by atoms with van der Waals surface area (Å²) in [6.45, 7) is 1.87. The zero-order valence-corrected chi connectivity index (χ0v) is 16.3. The maximum absolute atomic E-state index is 13.0. The van der Waals surface area contributed by atoms with Crippen LogP contribution in [0, 0.1) is 12.7 Å². The van der Waals surface area contributed by atoms with Crippen LogP contribution in [0.3, 0.4) is 0 Å². The Bertz CT molecular complexity index is 1060. The fourth-order valence-corrected chi connectivity index (χ4v) is 4.52. The number of rotatable bonds is 5. The number of amides is 1. The summed E-state index contributed by atoms with van der Waals surface area (Å²) in [6.07, 6.45) is 0. The molecule has 3 rings (SSSR count). The largest absolute Gasteiger partial charge is 0.321 e. The predicted octanol–water partition coefficient (Wildman–Crippen LogP) is 4.27. The van der Waals surface area contributed by atoms with Crippen molar-refractivity contribution in [1.82, 2.24) is 0 Å². The Morgan fingerprint density at radius 3 is 2.30 bits per heavy atom. The van der Waals surface area contributed by atoms with Crippen molar-refractivity contribution in [3.05, 3.63) is 76.2 Å². The molecule has 3 aromatic rings. The molecule has 0 spiro atoms. The van der Waals surface area contributed by atoms with E-state index < -0.39 is 21.7 Å². The molecule has 5 nitrogen and oxygen atoms in total. The van der Waals surface area contributed by atoms with Crippen molar-refractivity contribution in [2.45, 2.75) is 11.8 Å². The van der Waals surface area contributed by atoms with Gasteiger partial charge in [-0.3, -0.25) is 9.10 Å². The first-order valence-electron chi connectivity index (χ1n) is 7.99. The van der Waals surface area contributed by atoms with Gasteiger partial charge >= 0.3 is 0 Å². The van der Waals surface area contributed by atoms with Gasteiger partial charge in [0.25, 0.3) is 15.9 Å². The van der Waals surface area contributed by atoms with Crippen LogP contribution in [0.1, 0.15) is 15.2 Å². The van der Waals surface area contributed by atoms with Gasteiger partial charge in [0.05, 0.1) is 10.6 Å². The van der Waals surface area contributed by atoms with Gasteiger partial charge in [0, 0.05) is 12.7 Å². The summed E-state index contributed by atoms with van der Waals surface area (Å²) in [5.74, 6) is -0.869. The molecule has 0 aliphatic rings. The molecule has 27 heavy (non-hydrogen) atoms. The molecule has 0 radical (unpaired) electrons. The highest BCUT2D eigenvalue weighted by Gasteiger charge is 2.26. The van der Waals surface area contributed by atoms with E-state index in [0.29, 0.717) is 5.69 Å². The second kappa shape index (κ2) is 7.50. The smallest absolute Gasteiger partial charge is 0.267 e. The monoisotopic (exact) mass is 404 g/mol. The molecule has 0 unspecified atom stereocenters. The highest BCUT2D eigenvalue weighted by atomic mass is 32.2. The van der Waals surface area contributed by atoms with E-state index in [1.54, 1.807) is 23.6 Å². The van der Waals surface area contributed by atoms with E-state index in [1.807, 2.05) is 6.92 Å². The summed E-state index contributed by atoms with van der Waals surface area (Å²) < 4.78 is 39.8. The maximum atomic E-state index is 13.0. The summed E-state index contributed by atoms with van der Waals surface area (Å²) in [5.41, 5.74) is 1.65. The number of aryl methyl sites for hydroxylation is 1. The first-order chi connectivity index (χ1) is 12.8. The third-order valence-corrected chi connectivity index (χ3v) is 6.66. The number of hydrogen-bond acceptors (Lipinski definition) is 4. The molecule has 2 aromatic carbocycles. The summed E-state index contributed by atoms with van der Waals surface area (Å²) in [4.78, 5) is 13.0. The fraction of sp³-hybridized carbons (Fsp3) is 0.105. The quantitative estimate of drug-likeness (QED) is 0.690. The average Bonchev–Trinajstić information content (AvgIpc) is 3.13. The molecule has 1 heterocycles. The molecule has 0 saturated heterocycles. The summed E-state index contributed by atoms with van der Waals surface area (Å²) in [7, 11) is -2.39. The van der Waals surface area contributed by atoms with E-state index in [0.717, 1.165) is 21.2 Å². The third kappa shape index (κ3) is 4.01. The number of carbonyl (C=O) groups is 1. The van der Waals surface area contributed by atoms with Gasteiger partial charge in [0.1, 0.15) is 10.7 Å². The number of hydrogen-bond donors (Lipinski definition) is 1. The Hall–Kier alpha value is -2.71. The van der Waals surface area contributed by atoms with E-state index in [-0.39, 0.29) is 15.5 Å². The van der Waals surface area contributed by atoms with Gasteiger partial charge < -0.3 is 5.32 Å². The average molecular weight is 404 g/mol. The lowest BCUT2D eigenvalue weighted by Crippen LogP contribution is -2.28. The van der Waals surface area contributed by atoms with Crippen molar-refractivity contribution < 1.29 is 17.6 Å². The molecular formula is C19H17FN2O3S2. The van der Waals surface area contributed by atoms with Crippen LogP contribution >= 0.6 is 11.3 Å². The molecule has 1 N–H and O–H groups in total. The van der Waals surface area contributed by atoms with Crippen molar-refractivity contribution in [2.75, 3.05) is 16.7 Å². The van der Waals surface area contributed by atoms with Gasteiger partial charge in [-0.15, -0.1) is 11.3 Å². The predicted molar refractivity (Wildman–Crippen MR) is 105 cm³/mol. The Morgan fingerprint density at radius 1 is 1.04 bits per heavy atom.